The van der Waals surface area contributed by atoms with E-state index < -0.39 is 0 Å². The number of hydrogen-bond acceptors (Lipinski definition) is 2. The maximum Gasteiger partial charge on any atom is 0.161 e. The number of ketones is 1. The first-order valence-electron chi connectivity index (χ1n) is 8.86. The Morgan fingerprint density at radius 3 is 1.88 bits per heavy atom. The van der Waals surface area contributed by atoms with Crippen LogP contribution in [0.3, 0.4) is 0 Å². The van der Waals surface area contributed by atoms with Crippen molar-refractivity contribution >= 4 is 23.6 Å². The van der Waals surface area contributed by atoms with Crippen LogP contribution in [-0.4, -0.2) is 5.78 Å². The molecular formula is C24H20OS. The Balaban J connectivity index is 1.74. The van der Waals surface area contributed by atoms with E-state index in [9.17, 15) is 4.79 Å². The van der Waals surface area contributed by atoms with Crippen molar-refractivity contribution in [2.24, 2.45) is 0 Å². The van der Waals surface area contributed by atoms with Crippen LogP contribution in [0, 0.1) is 0 Å². The normalized spacial score (nSPS) is 21.7. The molecule has 2 atom stereocenters. The molecule has 0 aliphatic carbocycles. The molecule has 0 amide bonds. The summed E-state index contributed by atoms with van der Waals surface area (Å²) in [5.41, 5.74) is 4.40. The van der Waals surface area contributed by atoms with Gasteiger partial charge in [0.15, 0.2) is 5.78 Å². The van der Waals surface area contributed by atoms with Crippen LogP contribution in [0.1, 0.15) is 33.6 Å². The van der Waals surface area contributed by atoms with Gasteiger partial charge in [-0.1, -0.05) is 91.0 Å². The van der Waals surface area contributed by atoms with Crippen LogP contribution >= 0.6 is 11.8 Å². The monoisotopic (exact) mass is 356 g/mol. The molecule has 1 fully saturated rings. The second kappa shape index (κ2) is 7.76. The maximum atomic E-state index is 13.1. The lowest BCUT2D eigenvalue weighted by Crippen LogP contribution is -2.19. The van der Waals surface area contributed by atoms with Gasteiger partial charge in [-0.2, -0.15) is 0 Å². The van der Waals surface area contributed by atoms with Crippen LogP contribution in [-0.2, 0) is 4.79 Å². The van der Waals surface area contributed by atoms with Gasteiger partial charge in [0.2, 0.25) is 0 Å². The van der Waals surface area contributed by atoms with Crippen LogP contribution in [0.25, 0.3) is 6.08 Å². The third-order valence-corrected chi connectivity index (χ3v) is 6.24. The Labute approximate surface area is 158 Å². The van der Waals surface area contributed by atoms with Gasteiger partial charge in [0.05, 0.1) is 5.25 Å². The van der Waals surface area contributed by atoms with E-state index >= 15 is 0 Å². The second-order valence-corrected chi connectivity index (χ2v) is 7.78. The number of Topliss-reactive ketones (excluding diaryl/α,β-unsaturated/α-hetero) is 1. The van der Waals surface area contributed by atoms with E-state index in [1.54, 1.807) is 0 Å². The van der Waals surface area contributed by atoms with Gasteiger partial charge in [0.1, 0.15) is 0 Å². The lowest BCUT2D eigenvalue weighted by molar-refractivity contribution is -0.115. The van der Waals surface area contributed by atoms with Gasteiger partial charge >= 0.3 is 0 Å². The molecule has 0 N–H and O–H groups in total. The van der Waals surface area contributed by atoms with Crippen molar-refractivity contribution < 1.29 is 4.79 Å². The molecule has 1 aliphatic rings. The van der Waals surface area contributed by atoms with Crippen LogP contribution in [0.4, 0.5) is 0 Å². The highest BCUT2D eigenvalue weighted by molar-refractivity contribution is 8.00. The molecule has 3 aromatic rings. The largest absolute Gasteiger partial charge is 0.294 e. The number of benzene rings is 3. The third kappa shape index (κ3) is 3.66. The first-order chi connectivity index (χ1) is 12.8. The van der Waals surface area contributed by atoms with E-state index in [4.69, 9.17) is 0 Å². The van der Waals surface area contributed by atoms with Crippen LogP contribution < -0.4 is 0 Å². The Kier molecular flexibility index (Phi) is 5.03. The number of hydrogen-bond donors (Lipinski definition) is 0. The van der Waals surface area contributed by atoms with E-state index in [1.807, 2.05) is 66.4 Å². The zero-order chi connectivity index (χ0) is 17.8. The molecule has 128 valence electrons. The Morgan fingerprint density at radius 1 is 0.731 bits per heavy atom. The molecule has 0 spiro atoms. The standard InChI is InChI=1S/C24H20OS/c25-22-17-23(19-12-6-2-7-13-19)26-24(20-14-8-3-9-15-20)21(22)16-18-10-4-1-5-11-18/h1-16,23-24H,17H2/b21-16+/t23-,24-/m0/s1. The third-order valence-electron chi connectivity index (χ3n) is 4.67. The first-order valence-corrected chi connectivity index (χ1v) is 9.81. The van der Waals surface area contributed by atoms with Gasteiger partial charge in [-0.3, -0.25) is 4.79 Å². The molecule has 0 bridgehead atoms. The predicted molar refractivity (Wildman–Crippen MR) is 110 cm³/mol. The minimum atomic E-state index is 0.0582. The fourth-order valence-electron chi connectivity index (χ4n) is 3.35. The van der Waals surface area contributed by atoms with E-state index in [-0.39, 0.29) is 16.3 Å². The topological polar surface area (TPSA) is 17.1 Å². The fraction of sp³-hybridized carbons (Fsp3) is 0.125. The zero-order valence-corrected chi connectivity index (χ0v) is 15.2. The van der Waals surface area contributed by atoms with Crippen molar-refractivity contribution in [3.05, 3.63) is 113 Å². The minimum Gasteiger partial charge on any atom is -0.294 e. The van der Waals surface area contributed by atoms with Gasteiger partial charge in [-0.15, -0.1) is 11.8 Å². The first kappa shape index (κ1) is 16.9. The summed E-state index contributed by atoms with van der Waals surface area (Å²) in [5, 5.41) is 0.254. The predicted octanol–water partition coefficient (Wildman–Crippen LogP) is 6.26. The molecule has 0 radical (unpaired) electrons. The van der Waals surface area contributed by atoms with Crippen LogP contribution in [0.5, 0.6) is 0 Å². The second-order valence-electron chi connectivity index (χ2n) is 6.46. The lowest BCUT2D eigenvalue weighted by Gasteiger charge is -2.31. The van der Waals surface area contributed by atoms with Crippen molar-refractivity contribution in [2.45, 2.75) is 16.9 Å². The van der Waals surface area contributed by atoms with Gasteiger partial charge in [-0.25, -0.2) is 0 Å². The molecule has 0 unspecified atom stereocenters. The Morgan fingerprint density at radius 2 is 1.27 bits per heavy atom. The summed E-state index contributed by atoms with van der Waals surface area (Å²) in [6.07, 6.45) is 2.62. The van der Waals surface area contributed by atoms with Crippen molar-refractivity contribution in [1.29, 1.82) is 0 Å². The molecule has 4 rings (SSSR count). The highest BCUT2D eigenvalue weighted by atomic mass is 32.2. The Bertz CT molecular complexity index is 901. The van der Waals surface area contributed by atoms with Gasteiger partial charge < -0.3 is 0 Å². The quantitative estimate of drug-likeness (QED) is 0.515. The summed E-state index contributed by atoms with van der Waals surface area (Å²) in [7, 11) is 0. The summed E-state index contributed by atoms with van der Waals surface area (Å²) >= 11 is 1.88. The lowest BCUT2D eigenvalue weighted by atomic mass is 9.94. The van der Waals surface area contributed by atoms with E-state index in [2.05, 4.69) is 42.5 Å². The fourth-order valence-corrected chi connectivity index (χ4v) is 4.90. The highest BCUT2D eigenvalue weighted by Crippen LogP contribution is 2.51. The number of carbonyl (C=O) groups excluding carboxylic acids is 1. The molecule has 3 aromatic carbocycles. The van der Waals surface area contributed by atoms with Crippen LogP contribution in [0.15, 0.2) is 96.6 Å². The smallest absolute Gasteiger partial charge is 0.161 e. The van der Waals surface area contributed by atoms with Gasteiger partial charge in [0.25, 0.3) is 0 Å². The summed E-state index contributed by atoms with van der Waals surface area (Å²) < 4.78 is 0. The number of carbonyl (C=O) groups is 1. The van der Waals surface area contributed by atoms with Gasteiger partial charge in [-0.05, 0) is 22.8 Å². The van der Waals surface area contributed by atoms with E-state index in [1.165, 1.54) is 11.1 Å². The van der Waals surface area contributed by atoms with E-state index in [0.717, 1.165) is 11.1 Å². The molecule has 0 aromatic heterocycles. The molecule has 1 aliphatic heterocycles. The summed E-state index contributed by atoms with van der Waals surface area (Å²) in [5.74, 6) is 0.246. The number of rotatable bonds is 3. The van der Waals surface area contributed by atoms with Crippen molar-refractivity contribution in [3.63, 3.8) is 0 Å². The zero-order valence-electron chi connectivity index (χ0n) is 14.4. The average molecular weight is 356 g/mol. The average Bonchev–Trinajstić information content (AvgIpc) is 2.71. The van der Waals surface area contributed by atoms with Crippen molar-refractivity contribution in [2.75, 3.05) is 0 Å². The van der Waals surface area contributed by atoms with Crippen molar-refractivity contribution in [1.82, 2.24) is 0 Å². The minimum absolute atomic E-state index is 0.0582. The molecule has 1 saturated heterocycles. The summed E-state index contributed by atoms with van der Waals surface area (Å²) in [6.45, 7) is 0. The molecule has 1 nitrogen and oxygen atoms in total. The summed E-state index contributed by atoms with van der Waals surface area (Å²) in [6, 6.07) is 30.9. The van der Waals surface area contributed by atoms with Crippen molar-refractivity contribution in [3.8, 4) is 0 Å². The van der Waals surface area contributed by atoms with Gasteiger partial charge in [0, 0.05) is 17.2 Å². The molecular weight excluding hydrogens is 336 g/mol. The maximum absolute atomic E-state index is 13.1. The highest BCUT2D eigenvalue weighted by Gasteiger charge is 2.34. The molecule has 1 heterocycles. The number of thioether (sulfide) groups is 1. The molecule has 26 heavy (non-hydrogen) atoms. The summed E-state index contributed by atoms with van der Waals surface area (Å²) in [4.78, 5) is 13.1. The molecule has 2 heteroatoms. The molecule has 0 saturated carbocycles. The van der Waals surface area contributed by atoms with Crippen LogP contribution in [0.2, 0.25) is 0 Å². The SMILES string of the molecule is O=C1C[C@@H](c2ccccc2)S[C@@H](c2ccccc2)/C1=C/c1ccccc1. The Hall–Kier alpha value is -2.58. The van der Waals surface area contributed by atoms with E-state index in [0.29, 0.717) is 6.42 Å².